The van der Waals surface area contributed by atoms with E-state index in [1.165, 1.54) is 0 Å². The summed E-state index contributed by atoms with van der Waals surface area (Å²) in [5, 5.41) is 4.43. The topological polar surface area (TPSA) is 52.1 Å². The van der Waals surface area contributed by atoms with E-state index >= 15 is 0 Å². The van der Waals surface area contributed by atoms with E-state index in [4.69, 9.17) is 18.8 Å². The largest absolute Gasteiger partial charge is 0.455 e. The van der Waals surface area contributed by atoms with Crippen LogP contribution < -0.4 is 0 Å². The van der Waals surface area contributed by atoms with Gasteiger partial charge in [-0.15, -0.1) is 0 Å². The highest BCUT2D eigenvalue weighted by molar-refractivity contribution is 6.10. The van der Waals surface area contributed by atoms with E-state index in [-0.39, 0.29) is 0 Å². The molecule has 0 N–H and O–H groups in total. The molecule has 4 heteroatoms. The van der Waals surface area contributed by atoms with Crippen molar-refractivity contribution in [1.82, 2.24) is 9.97 Å². The summed E-state index contributed by atoms with van der Waals surface area (Å²) >= 11 is 0. The lowest BCUT2D eigenvalue weighted by Gasteiger charge is -2.11. The van der Waals surface area contributed by atoms with Crippen LogP contribution in [0.5, 0.6) is 0 Å². The normalized spacial score (nSPS) is 11.6. The predicted molar refractivity (Wildman–Crippen MR) is 178 cm³/mol. The Morgan fingerprint density at radius 2 is 0.750 bits per heavy atom. The van der Waals surface area contributed by atoms with Crippen molar-refractivity contribution in [2.75, 3.05) is 0 Å². The van der Waals surface area contributed by atoms with Crippen molar-refractivity contribution in [3.05, 3.63) is 146 Å². The van der Waals surface area contributed by atoms with Crippen LogP contribution in [-0.4, -0.2) is 9.97 Å². The van der Waals surface area contributed by atoms with Gasteiger partial charge < -0.3 is 8.83 Å². The van der Waals surface area contributed by atoms with E-state index in [1.807, 2.05) is 48.8 Å². The number of benzene rings is 5. The fraction of sp³-hybridized carbons (Fsp3) is 0. The molecule has 0 bridgehead atoms. The molecule has 0 atom stereocenters. The summed E-state index contributed by atoms with van der Waals surface area (Å²) in [6.45, 7) is 0. The molecule has 9 rings (SSSR count). The van der Waals surface area contributed by atoms with Crippen molar-refractivity contribution in [2.45, 2.75) is 0 Å². The fourth-order valence-electron chi connectivity index (χ4n) is 6.31. The number of rotatable bonds is 4. The van der Waals surface area contributed by atoms with Gasteiger partial charge in [-0.05, 0) is 47.5 Å². The first kappa shape index (κ1) is 24.6. The number of hydrogen-bond donors (Lipinski definition) is 0. The van der Waals surface area contributed by atoms with Crippen molar-refractivity contribution < 1.29 is 8.83 Å². The van der Waals surface area contributed by atoms with Crippen LogP contribution in [0.4, 0.5) is 0 Å². The summed E-state index contributed by atoms with van der Waals surface area (Å²) in [6, 6.07) is 45.6. The van der Waals surface area contributed by atoms with Crippen LogP contribution in [-0.2, 0) is 0 Å². The second-order valence-corrected chi connectivity index (χ2v) is 11.0. The van der Waals surface area contributed by atoms with E-state index < -0.39 is 0 Å². The van der Waals surface area contributed by atoms with Gasteiger partial charge in [0.1, 0.15) is 22.3 Å². The van der Waals surface area contributed by atoms with Crippen LogP contribution in [0.25, 0.3) is 88.6 Å². The molecular formula is C40H24N2O2. The minimum atomic E-state index is 0.860. The second-order valence-electron chi connectivity index (χ2n) is 11.0. The van der Waals surface area contributed by atoms with Crippen molar-refractivity contribution >= 4 is 43.9 Å². The van der Waals surface area contributed by atoms with Gasteiger partial charge in [-0.3, -0.25) is 9.97 Å². The van der Waals surface area contributed by atoms with Gasteiger partial charge in [0.2, 0.25) is 0 Å². The van der Waals surface area contributed by atoms with Crippen LogP contribution in [0.2, 0.25) is 0 Å². The third kappa shape index (κ3) is 3.85. The fourth-order valence-corrected chi connectivity index (χ4v) is 6.31. The summed E-state index contributed by atoms with van der Waals surface area (Å²) < 4.78 is 12.5. The molecule has 0 radical (unpaired) electrons. The highest BCUT2D eigenvalue weighted by Gasteiger charge is 2.15. The molecule has 4 heterocycles. The Bertz CT molecular complexity index is 2310. The Morgan fingerprint density at radius 1 is 0.341 bits per heavy atom. The standard InChI is InChI=1S/C40H24N2O2/c1-2-10-28(26-20-22-36(42-24-26)34-16-8-14-32-30-12-4-6-18-38(30)44-40(32)34)27(9-1)25-19-21-35(41-23-25)33-15-7-13-31-29-11-3-5-17-37(29)43-39(31)33/h1-24H. The zero-order valence-corrected chi connectivity index (χ0v) is 23.6. The molecule has 44 heavy (non-hydrogen) atoms. The first-order valence-electron chi connectivity index (χ1n) is 14.6. The van der Waals surface area contributed by atoms with Gasteiger partial charge in [-0.25, -0.2) is 0 Å². The SMILES string of the molecule is c1ccc(-c2ccc(-c3cccc4c3oc3ccccc34)nc2)c(-c2ccc(-c3cccc4c3oc3ccccc34)nc2)c1. The van der Waals surface area contributed by atoms with E-state index in [0.717, 1.165) is 88.6 Å². The first-order valence-corrected chi connectivity index (χ1v) is 14.6. The zero-order valence-electron chi connectivity index (χ0n) is 23.6. The number of furan rings is 2. The number of fused-ring (bicyclic) bond motifs is 6. The molecule has 4 aromatic heterocycles. The van der Waals surface area contributed by atoms with Crippen molar-refractivity contribution in [2.24, 2.45) is 0 Å². The van der Waals surface area contributed by atoms with E-state index in [9.17, 15) is 0 Å². The molecule has 5 aromatic carbocycles. The lowest BCUT2D eigenvalue weighted by Crippen LogP contribution is -1.90. The number of pyridine rings is 2. The summed E-state index contributed by atoms with van der Waals surface area (Å²) in [5.41, 5.74) is 11.5. The number of nitrogens with zero attached hydrogens (tertiary/aromatic N) is 2. The highest BCUT2D eigenvalue weighted by atomic mass is 16.3. The van der Waals surface area contributed by atoms with Gasteiger partial charge in [0, 0.05) is 56.2 Å². The van der Waals surface area contributed by atoms with E-state index in [0.29, 0.717) is 0 Å². The molecule has 0 saturated heterocycles. The van der Waals surface area contributed by atoms with Gasteiger partial charge in [-0.2, -0.15) is 0 Å². The monoisotopic (exact) mass is 564 g/mol. The Balaban J connectivity index is 1.07. The number of aromatic nitrogens is 2. The quantitative estimate of drug-likeness (QED) is 0.213. The molecule has 0 unspecified atom stereocenters. The van der Waals surface area contributed by atoms with Crippen LogP contribution in [0, 0.1) is 0 Å². The van der Waals surface area contributed by atoms with Crippen molar-refractivity contribution in [1.29, 1.82) is 0 Å². The molecule has 0 amide bonds. The molecule has 0 aliphatic rings. The summed E-state index contributed by atoms with van der Waals surface area (Å²) in [6.07, 6.45) is 3.89. The first-order chi connectivity index (χ1) is 21.8. The average molecular weight is 565 g/mol. The average Bonchev–Trinajstić information content (AvgIpc) is 3.67. The molecule has 0 saturated carbocycles. The number of hydrogen-bond acceptors (Lipinski definition) is 4. The predicted octanol–water partition coefficient (Wildman–Crippen LogP) is 10.9. The van der Waals surface area contributed by atoms with Crippen LogP contribution in [0.15, 0.2) is 155 Å². The van der Waals surface area contributed by atoms with Crippen molar-refractivity contribution in [3.63, 3.8) is 0 Å². The molecule has 0 aliphatic carbocycles. The second kappa shape index (κ2) is 9.79. The minimum Gasteiger partial charge on any atom is -0.455 e. The Hall–Kier alpha value is -6.00. The third-order valence-corrected chi connectivity index (χ3v) is 8.44. The van der Waals surface area contributed by atoms with E-state index in [2.05, 4.69) is 97.1 Å². The maximum atomic E-state index is 6.26. The molecule has 4 nitrogen and oxygen atoms in total. The highest BCUT2D eigenvalue weighted by Crippen LogP contribution is 2.38. The van der Waals surface area contributed by atoms with Crippen LogP contribution in [0.3, 0.4) is 0 Å². The van der Waals surface area contributed by atoms with Gasteiger partial charge in [0.15, 0.2) is 0 Å². The van der Waals surface area contributed by atoms with Gasteiger partial charge in [-0.1, -0.05) is 97.1 Å². The lowest BCUT2D eigenvalue weighted by atomic mass is 9.95. The molecule has 9 aromatic rings. The molecule has 0 aliphatic heterocycles. The zero-order chi connectivity index (χ0) is 29.0. The summed E-state index contributed by atoms with van der Waals surface area (Å²) in [5.74, 6) is 0. The summed E-state index contributed by atoms with van der Waals surface area (Å²) in [4.78, 5) is 9.79. The Labute approximate surface area is 252 Å². The van der Waals surface area contributed by atoms with Crippen molar-refractivity contribution in [3.8, 4) is 44.8 Å². The Kier molecular flexibility index (Phi) is 5.47. The molecule has 206 valence electrons. The third-order valence-electron chi connectivity index (χ3n) is 8.44. The molecule has 0 spiro atoms. The van der Waals surface area contributed by atoms with Gasteiger partial charge in [0.05, 0.1) is 11.4 Å². The number of para-hydroxylation sites is 4. The maximum absolute atomic E-state index is 6.26. The smallest absolute Gasteiger partial charge is 0.144 e. The van der Waals surface area contributed by atoms with Crippen LogP contribution in [0.1, 0.15) is 0 Å². The molecular weight excluding hydrogens is 540 g/mol. The van der Waals surface area contributed by atoms with Gasteiger partial charge in [0.25, 0.3) is 0 Å². The lowest BCUT2D eigenvalue weighted by molar-refractivity contribution is 0.669. The summed E-state index contributed by atoms with van der Waals surface area (Å²) in [7, 11) is 0. The molecule has 0 fully saturated rings. The van der Waals surface area contributed by atoms with E-state index in [1.54, 1.807) is 0 Å². The van der Waals surface area contributed by atoms with Crippen LogP contribution >= 0.6 is 0 Å². The maximum Gasteiger partial charge on any atom is 0.144 e. The minimum absolute atomic E-state index is 0.860. The van der Waals surface area contributed by atoms with Gasteiger partial charge >= 0.3 is 0 Å². The Morgan fingerprint density at radius 3 is 1.20 bits per heavy atom.